The SMILES string of the molecule is CCOC(=O)NCC(=O)N1c2ccccc2CC1C. The van der Waals surface area contributed by atoms with E-state index in [1.54, 1.807) is 11.8 Å². The van der Waals surface area contributed by atoms with Gasteiger partial charge in [-0.25, -0.2) is 4.79 Å². The van der Waals surface area contributed by atoms with Gasteiger partial charge in [0.1, 0.15) is 6.54 Å². The van der Waals surface area contributed by atoms with Crippen molar-refractivity contribution in [1.82, 2.24) is 5.32 Å². The zero-order valence-electron chi connectivity index (χ0n) is 11.2. The molecule has 2 rings (SSSR count). The molecule has 1 heterocycles. The second kappa shape index (κ2) is 5.73. The van der Waals surface area contributed by atoms with Crippen LogP contribution in [0.5, 0.6) is 0 Å². The summed E-state index contributed by atoms with van der Waals surface area (Å²) in [4.78, 5) is 25.1. The number of anilines is 1. The molecular formula is C14H18N2O3. The first-order chi connectivity index (χ1) is 9.13. The number of amides is 2. The summed E-state index contributed by atoms with van der Waals surface area (Å²) in [6.07, 6.45) is 0.289. The molecule has 1 N–H and O–H groups in total. The molecule has 0 aliphatic carbocycles. The Hall–Kier alpha value is -2.04. The van der Waals surface area contributed by atoms with Crippen LogP contribution in [0.4, 0.5) is 10.5 Å². The Morgan fingerprint density at radius 1 is 1.42 bits per heavy atom. The summed E-state index contributed by atoms with van der Waals surface area (Å²) in [6, 6.07) is 7.96. The fourth-order valence-corrected chi connectivity index (χ4v) is 2.36. The number of carbonyl (C=O) groups excluding carboxylic acids is 2. The minimum Gasteiger partial charge on any atom is -0.450 e. The highest BCUT2D eigenvalue weighted by Gasteiger charge is 2.30. The van der Waals surface area contributed by atoms with Crippen molar-refractivity contribution in [3.63, 3.8) is 0 Å². The van der Waals surface area contributed by atoms with Crippen molar-refractivity contribution >= 4 is 17.7 Å². The number of benzene rings is 1. The van der Waals surface area contributed by atoms with Crippen LogP contribution in [0, 0.1) is 0 Å². The van der Waals surface area contributed by atoms with Crippen molar-refractivity contribution in [3.05, 3.63) is 29.8 Å². The van der Waals surface area contributed by atoms with E-state index in [1.165, 1.54) is 5.56 Å². The smallest absolute Gasteiger partial charge is 0.407 e. The van der Waals surface area contributed by atoms with Crippen LogP contribution in [0.2, 0.25) is 0 Å². The number of nitrogens with one attached hydrogen (secondary N) is 1. The minimum absolute atomic E-state index is 0.0441. The molecule has 2 amide bonds. The van der Waals surface area contributed by atoms with Crippen molar-refractivity contribution < 1.29 is 14.3 Å². The molecule has 1 atom stereocenters. The molecule has 1 aliphatic rings. The van der Waals surface area contributed by atoms with Crippen LogP contribution in [0.3, 0.4) is 0 Å². The maximum Gasteiger partial charge on any atom is 0.407 e. The average Bonchev–Trinajstić information content (AvgIpc) is 2.72. The number of nitrogens with zero attached hydrogens (tertiary/aromatic N) is 1. The number of rotatable bonds is 3. The van der Waals surface area contributed by atoms with Gasteiger partial charge in [-0.15, -0.1) is 0 Å². The summed E-state index contributed by atoms with van der Waals surface area (Å²) in [7, 11) is 0. The monoisotopic (exact) mass is 262 g/mol. The molecule has 0 radical (unpaired) electrons. The molecule has 19 heavy (non-hydrogen) atoms. The van der Waals surface area contributed by atoms with Gasteiger partial charge >= 0.3 is 6.09 Å². The van der Waals surface area contributed by atoms with Crippen LogP contribution >= 0.6 is 0 Å². The summed E-state index contributed by atoms with van der Waals surface area (Å²) >= 11 is 0. The van der Waals surface area contributed by atoms with Gasteiger partial charge in [0.25, 0.3) is 0 Å². The third kappa shape index (κ3) is 2.86. The van der Waals surface area contributed by atoms with E-state index < -0.39 is 6.09 Å². The average molecular weight is 262 g/mol. The van der Waals surface area contributed by atoms with E-state index in [1.807, 2.05) is 31.2 Å². The van der Waals surface area contributed by atoms with Crippen molar-refractivity contribution in [1.29, 1.82) is 0 Å². The van der Waals surface area contributed by atoms with Crippen LogP contribution in [-0.4, -0.2) is 31.2 Å². The van der Waals surface area contributed by atoms with E-state index in [4.69, 9.17) is 4.74 Å². The Bertz CT molecular complexity index is 487. The molecule has 0 spiro atoms. The third-order valence-corrected chi connectivity index (χ3v) is 3.14. The van der Waals surface area contributed by atoms with Gasteiger partial charge in [-0.05, 0) is 31.9 Å². The van der Waals surface area contributed by atoms with Gasteiger partial charge in [0.2, 0.25) is 5.91 Å². The maximum absolute atomic E-state index is 12.2. The molecule has 0 saturated heterocycles. The van der Waals surface area contributed by atoms with Gasteiger partial charge in [-0.2, -0.15) is 0 Å². The molecule has 1 aromatic rings. The second-order valence-electron chi connectivity index (χ2n) is 4.52. The predicted molar refractivity (Wildman–Crippen MR) is 72.1 cm³/mol. The zero-order valence-corrected chi connectivity index (χ0v) is 11.2. The molecule has 5 heteroatoms. The first-order valence-electron chi connectivity index (χ1n) is 6.44. The predicted octanol–water partition coefficient (Wildman–Crippen LogP) is 1.71. The first kappa shape index (κ1) is 13.4. The molecule has 1 aromatic carbocycles. The Labute approximate surface area is 112 Å². The normalized spacial score (nSPS) is 16.9. The van der Waals surface area contributed by atoms with E-state index in [9.17, 15) is 9.59 Å². The summed E-state index contributed by atoms with van der Waals surface area (Å²) < 4.78 is 4.73. The lowest BCUT2D eigenvalue weighted by Crippen LogP contribution is -2.43. The van der Waals surface area contributed by atoms with E-state index in [0.29, 0.717) is 6.61 Å². The molecule has 0 aromatic heterocycles. The van der Waals surface area contributed by atoms with Crippen molar-refractivity contribution in [2.75, 3.05) is 18.1 Å². The van der Waals surface area contributed by atoms with Crippen LogP contribution in [-0.2, 0) is 16.0 Å². The number of ether oxygens (including phenoxy) is 1. The highest BCUT2D eigenvalue weighted by Crippen LogP contribution is 2.31. The van der Waals surface area contributed by atoms with Crippen LogP contribution in [0.25, 0.3) is 0 Å². The quantitative estimate of drug-likeness (QED) is 0.902. The molecule has 0 saturated carbocycles. The summed E-state index contributed by atoms with van der Waals surface area (Å²) in [5.41, 5.74) is 2.10. The summed E-state index contributed by atoms with van der Waals surface area (Å²) in [5, 5.41) is 2.46. The number of fused-ring (bicyclic) bond motifs is 1. The van der Waals surface area contributed by atoms with Crippen LogP contribution < -0.4 is 10.2 Å². The van der Waals surface area contributed by atoms with Gasteiger partial charge in [0.15, 0.2) is 0 Å². The molecule has 0 bridgehead atoms. The standard InChI is InChI=1S/C14H18N2O3/c1-3-19-14(18)15-9-13(17)16-10(2)8-11-6-4-5-7-12(11)16/h4-7,10H,3,8-9H2,1-2H3,(H,15,18). The van der Waals surface area contributed by atoms with Crippen molar-refractivity contribution in [2.24, 2.45) is 0 Å². The Balaban J connectivity index is 2.01. The first-order valence-corrected chi connectivity index (χ1v) is 6.44. The summed E-state index contributed by atoms with van der Waals surface area (Å²) in [5.74, 6) is -0.120. The van der Waals surface area contributed by atoms with Crippen LogP contribution in [0.1, 0.15) is 19.4 Å². The number of hydrogen-bond donors (Lipinski definition) is 1. The van der Waals surface area contributed by atoms with Gasteiger partial charge in [-0.1, -0.05) is 18.2 Å². The maximum atomic E-state index is 12.2. The third-order valence-electron chi connectivity index (χ3n) is 3.14. The molecule has 0 fully saturated rings. The topological polar surface area (TPSA) is 58.6 Å². The molecule has 1 unspecified atom stereocenters. The highest BCUT2D eigenvalue weighted by molar-refractivity contribution is 5.98. The molecule has 5 nitrogen and oxygen atoms in total. The van der Waals surface area contributed by atoms with Gasteiger partial charge in [-0.3, -0.25) is 4.79 Å². The van der Waals surface area contributed by atoms with E-state index in [2.05, 4.69) is 5.32 Å². The van der Waals surface area contributed by atoms with E-state index in [0.717, 1.165) is 12.1 Å². The van der Waals surface area contributed by atoms with Crippen LogP contribution in [0.15, 0.2) is 24.3 Å². The van der Waals surface area contributed by atoms with Gasteiger partial charge in [0.05, 0.1) is 6.61 Å². The molecule has 1 aliphatic heterocycles. The fourth-order valence-electron chi connectivity index (χ4n) is 2.36. The number of alkyl carbamates (subject to hydrolysis) is 1. The van der Waals surface area contributed by atoms with E-state index in [-0.39, 0.29) is 18.5 Å². The Kier molecular flexibility index (Phi) is 4.04. The number of para-hydroxylation sites is 1. The second-order valence-corrected chi connectivity index (χ2v) is 4.52. The Morgan fingerprint density at radius 3 is 2.89 bits per heavy atom. The van der Waals surface area contributed by atoms with Gasteiger partial charge < -0.3 is 15.0 Å². The molecule has 102 valence electrons. The Morgan fingerprint density at radius 2 is 2.16 bits per heavy atom. The van der Waals surface area contributed by atoms with Crippen molar-refractivity contribution in [3.8, 4) is 0 Å². The lowest BCUT2D eigenvalue weighted by atomic mass is 10.1. The highest BCUT2D eigenvalue weighted by atomic mass is 16.5. The van der Waals surface area contributed by atoms with Crippen molar-refractivity contribution in [2.45, 2.75) is 26.3 Å². The molecular weight excluding hydrogens is 244 g/mol. The number of hydrogen-bond acceptors (Lipinski definition) is 3. The zero-order chi connectivity index (χ0) is 13.8. The fraction of sp³-hybridized carbons (Fsp3) is 0.429. The lowest BCUT2D eigenvalue weighted by Gasteiger charge is -2.22. The lowest BCUT2D eigenvalue weighted by molar-refractivity contribution is -0.118. The largest absolute Gasteiger partial charge is 0.450 e. The van der Waals surface area contributed by atoms with E-state index >= 15 is 0 Å². The summed E-state index contributed by atoms with van der Waals surface area (Å²) in [6.45, 7) is 3.98. The van der Waals surface area contributed by atoms with Gasteiger partial charge in [0, 0.05) is 11.7 Å². The minimum atomic E-state index is -0.559. The number of carbonyl (C=O) groups is 2.